The van der Waals surface area contributed by atoms with E-state index < -0.39 is 0 Å². The zero-order chi connectivity index (χ0) is 27.4. The molecule has 0 aliphatic carbocycles. The number of hydrogen-bond donors (Lipinski definition) is 1. The lowest BCUT2D eigenvalue weighted by Gasteiger charge is -2.13. The van der Waals surface area contributed by atoms with Crippen molar-refractivity contribution in [2.45, 2.75) is 26.4 Å². The fourth-order valence-corrected chi connectivity index (χ4v) is 6.55. The highest BCUT2D eigenvalue weighted by atomic mass is 35.5. The molecule has 0 amide bonds. The van der Waals surface area contributed by atoms with Gasteiger partial charge in [0.15, 0.2) is 0 Å². The number of halogens is 1. The van der Waals surface area contributed by atoms with Crippen molar-refractivity contribution in [3.8, 4) is 5.13 Å². The molecular formula is C31H24ClN5O2S. The third-order valence-electron chi connectivity index (χ3n) is 7.46. The highest BCUT2D eigenvalue weighted by Crippen LogP contribution is 2.27. The number of pyridine rings is 1. The average Bonchev–Trinajstić information content (AvgIpc) is 3.64. The summed E-state index contributed by atoms with van der Waals surface area (Å²) in [5.41, 5.74) is 4.88. The second kappa shape index (κ2) is 9.66. The SMILES string of the molecule is Cc1c2c(=O)n(-c3nc4ccccc4s3)n(Cc3ccc(Cl)cc3)c2cc(=O)n1CCc1c[nH]c2ccccc12. The second-order valence-corrected chi connectivity index (χ2v) is 11.3. The van der Waals surface area contributed by atoms with Crippen molar-refractivity contribution in [1.29, 1.82) is 0 Å². The maximum absolute atomic E-state index is 14.1. The van der Waals surface area contributed by atoms with Gasteiger partial charge in [0.25, 0.3) is 11.1 Å². The number of aromatic nitrogens is 5. The van der Waals surface area contributed by atoms with Crippen LogP contribution in [0.3, 0.4) is 0 Å². The number of fused-ring (bicyclic) bond motifs is 3. The Hall–Kier alpha value is -4.40. The molecule has 0 fully saturated rings. The fourth-order valence-electron chi connectivity index (χ4n) is 5.45. The van der Waals surface area contributed by atoms with Crippen LogP contribution in [0.5, 0.6) is 0 Å². The predicted molar refractivity (Wildman–Crippen MR) is 162 cm³/mol. The first-order valence-electron chi connectivity index (χ1n) is 13.0. The van der Waals surface area contributed by atoms with E-state index >= 15 is 0 Å². The molecule has 7 rings (SSSR count). The number of aromatic amines is 1. The molecule has 7 nitrogen and oxygen atoms in total. The molecule has 40 heavy (non-hydrogen) atoms. The molecule has 0 aliphatic rings. The smallest absolute Gasteiger partial charge is 0.283 e. The number of rotatable bonds is 6. The average molecular weight is 566 g/mol. The van der Waals surface area contributed by atoms with Gasteiger partial charge in [-0.2, -0.15) is 4.68 Å². The van der Waals surface area contributed by atoms with Crippen LogP contribution >= 0.6 is 22.9 Å². The van der Waals surface area contributed by atoms with Crippen LogP contribution in [-0.4, -0.2) is 23.9 Å². The molecule has 0 saturated heterocycles. The van der Waals surface area contributed by atoms with E-state index in [1.807, 2.05) is 84.5 Å². The number of benzene rings is 3. The summed E-state index contributed by atoms with van der Waals surface area (Å²) >= 11 is 7.58. The molecule has 0 atom stereocenters. The minimum atomic E-state index is -0.193. The molecule has 0 aliphatic heterocycles. The van der Waals surface area contributed by atoms with Gasteiger partial charge >= 0.3 is 0 Å². The van der Waals surface area contributed by atoms with E-state index in [1.54, 1.807) is 15.3 Å². The molecule has 0 saturated carbocycles. The van der Waals surface area contributed by atoms with Crippen molar-refractivity contribution < 1.29 is 0 Å². The molecule has 7 aromatic rings. The lowest BCUT2D eigenvalue weighted by Crippen LogP contribution is -2.24. The Morgan fingerprint density at radius 2 is 1.75 bits per heavy atom. The lowest BCUT2D eigenvalue weighted by molar-refractivity contribution is 0.610. The van der Waals surface area contributed by atoms with Gasteiger partial charge in [-0.15, -0.1) is 0 Å². The quantitative estimate of drug-likeness (QED) is 0.257. The zero-order valence-electron chi connectivity index (χ0n) is 21.6. The largest absolute Gasteiger partial charge is 0.361 e. The standard InChI is InChI=1S/C31H24ClN5O2S/c1-19-29-26(16-28(38)35(19)15-14-21-17-33-24-7-3-2-6-23(21)24)36(18-20-10-12-22(32)13-11-20)37(30(29)39)31-34-25-8-4-5-9-27(25)40-31/h2-13,16-17,33H,14-15,18H2,1H3. The molecule has 9 heteroatoms. The van der Waals surface area contributed by atoms with Crippen LogP contribution in [0.1, 0.15) is 16.8 Å². The summed E-state index contributed by atoms with van der Waals surface area (Å²) in [6.45, 7) is 2.70. The summed E-state index contributed by atoms with van der Waals surface area (Å²) in [6.07, 6.45) is 2.65. The summed E-state index contributed by atoms with van der Waals surface area (Å²) in [7, 11) is 0. The van der Waals surface area contributed by atoms with Gasteiger partial charge in [-0.05, 0) is 54.8 Å². The predicted octanol–water partition coefficient (Wildman–Crippen LogP) is 6.30. The van der Waals surface area contributed by atoms with Gasteiger partial charge < -0.3 is 9.55 Å². The molecule has 0 spiro atoms. The van der Waals surface area contributed by atoms with E-state index in [0.29, 0.717) is 46.3 Å². The van der Waals surface area contributed by atoms with Gasteiger partial charge in [0.1, 0.15) is 0 Å². The second-order valence-electron chi connectivity index (χ2n) is 9.85. The lowest BCUT2D eigenvalue weighted by atomic mass is 10.1. The van der Waals surface area contributed by atoms with Gasteiger partial charge in [-0.1, -0.05) is 65.4 Å². The molecule has 3 aromatic carbocycles. The third kappa shape index (κ3) is 4.08. The van der Waals surface area contributed by atoms with E-state index in [-0.39, 0.29) is 11.1 Å². The maximum atomic E-state index is 14.1. The summed E-state index contributed by atoms with van der Waals surface area (Å²) < 4.78 is 6.17. The molecule has 4 aromatic heterocycles. The summed E-state index contributed by atoms with van der Waals surface area (Å²) in [4.78, 5) is 35.7. The highest BCUT2D eigenvalue weighted by molar-refractivity contribution is 7.20. The Labute approximate surface area is 237 Å². The van der Waals surface area contributed by atoms with Crippen LogP contribution < -0.4 is 11.1 Å². The normalized spacial score (nSPS) is 11.8. The van der Waals surface area contributed by atoms with Crippen LogP contribution in [0, 0.1) is 6.92 Å². The molecule has 4 heterocycles. The minimum absolute atomic E-state index is 0.142. The van der Waals surface area contributed by atoms with Crippen LogP contribution in [0.15, 0.2) is 94.6 Å². The summed E-state index contributed by atoms with van der Waals surface area (Å²) in [5.74, 6) is 0. The maximum Gasteiger partial charge on any atom is 0.283 e. The Bertz CT molecular complexity index is 2130. The van der Waals surface area contributed by atoms with Crippen LogP contribution in [0.2, 0.25) is 5.02 Å². The summed E-state index contributed by atoms with van der Waals surface area (Å²) in [6, 6.07) is 25.0. The number of hydrogen-bond acceptors (Lipinski definition) is 4. The van der Waals surface area contributed by atoms with Gasteiger partial charge in [-0.25, -0.2) is 4.98 Å². The number of nitrogens with zero attached hydrogens (tertiary/aromatic N) is 4. The summed E-state index contributed by atoms with van der Waals surface area (Å²) in [5, 5.41) is 2.86. The van der Waals surface area contributed by atoms with Crippen LogP contribution in [0.4, 0.5) is 0 Å². The van der Waals surface area contributed by atoms with E-state index in [0.717, 1.165) is 32.2 Å². The van der Waals surface area contributed by atoms with Crippen LogP contribution in [-0.2, 0) is 19.5 Å². The Morgan fingerprint density at radius 3 is 2.58 bits per heavy atom. The molecular weight excluding hydrogens is 542 g/mol. The van der Waals surface area contributed by atoms with Gasteiger partial charge in [0, 0.05) is 40.4 Å². The van der Waals surface area contributed by atoms with E-state index in [2.05, 4.69) is 11.1 Å². The van der Waals surface area contributed by atoms with Crippen molar-refractivity contribution in [3.63, 3.8) is 0 Å². The van der Waals surface area contributed by atoms with E-state index in [4.69, 9.17) is 16.6 Å². The highest BCUT2D eigenvalue weighted by Gasteiger charge is 2.22. The van der Waals surface area contributed by atoms with Crippen molar-refractivity contribution in [2.24, 2.45) is 0 Å². The minimum Gasteiger partial charge on any atom is -0.361 e. The van der Waals surface area contributed by atoms with Crippen LogP contribution in [0.25, 0.3) is 37.2 Å². The van der Waals surface area contributed by atoms with E-state index in [1.165, 1.54) is 11.3 Å². The molecule has 198 valence electrons. The number of nitrogens with one attached hydrogen (secondary N) is 1. The van der Waals surface area contributed by atoms with Crippen molar-refractivity contribution in [3.05, 3.63) is 128 Å². The molecule has 0 bridgehead atoms. The fraction of sp³-hybridized carbons (Fsp3) is 0.129. The Kier molecular flexibility index (Phi) is 5.95. The third-order valence-corrected chi connectivity index (χ3v) is 8.73. The van der Waals surface area contributed by atoms with Gasteiger partial charge in [0.05, 0.1) is 27.7 Å². The molecule has 1 N–H and O–H groups in total. The first kappa shape index (κ1) is 24.6. The van der Waals surface area contributed by atoms with Gasteiger partial charge in [0.2, 0.25) is 5.13 Å². The first-order valence-corrected chi connectivity index (χ1v) is 14.2. The number of para-hydroxylation sites is 2. The Balaban J connectivity index is 1.39. The molecule has 0 radical (unpaired) electrons. The first-order chi connectivity index (χ1) is 19.5. The monoisotopic (exact) mass is 565 g/mol. The van der Waals surface area contributed by atoms with E-state index in [9.17, 15) is 9.59 Å². The topological polar surface area (TPSA) is 77.6 Å². The van der Waals surface area contributed by atoms with Gasteiger partial charge in [-0.3, -0.25) is 14.3 Å². The van der Waals surface area contributed by atoms with Crippen molar-refractivity contribution in [1.82, 2.24) is 23.9 Å². The molecule has 0 unspecified atom stereocenters. The Morgan fingerprint density at radius 1 is 0.975 bits per heavy atom. The zero-order valence-corrected chi connectivity index (χ0v) is 23.2. The number of aryl methyl sites for hydroxylation is 2. The number of thiazole rings is 1. The van der Waals surface area contributed by atoms with Crippen molar-refractivity contribution >= 4 is 55.0 Å². The van der Waals surface area contributed by atoms with Crippen molar-refractivity contribution in [2.75, 3.05) is 0 Å². The number of H-pyrrole nitrogens is 1.